The molecule has 1 aliphatic rings. The molecule has 18 heavy (non-hydrogen) atoms. The Labute approximate surface area is 105 Å². The van der Waals surface area contributed by atoms with Crippen molar-refractivity contribution < 1.29 is 13.2 Å². The summed E-state index contributed by atoms with van der Waals surface area (Å²) in [5, 5.41) is 11.5. The van der Waals surface area contributed by atoms with Gasteiger partial charge in [-0.3, -0.25) is 0 Å². The molecule has 4 nitrogen and oxygen atoms in total. The average molecular weight is 276 g/mol. The van der Waals surface area contributed by atoms with E-state index in [9.17, 15) is 13.2 Å². The molecule has 0 radical (unpaired) electrons. The highest BCUT2D eigenvalue weighted by Gasteiger charge is 2.38. The second-order valence-electron chi connectivity index (χ2n) is 4.49. The van der Waals surface area contributed by atoms with Gasteiger partial charge < -0.3 is 0 Å². The predicted molar refractivity (Wildman–Crippen MR) is 59.5 cm³/mol. The van der Waals surface area contributed by atoms with E-state index >= 15 is 0 Å². The molecule has 0 atom stereocenters. The van der Waals surface area contributed by atoms with Gasteiger partial charge in [-0.05, 0) is 12.8 Å². The van der Waals surface area contributed by atoms with E-state index in [4.69, 9.17) is 0 Å². The molecule has 0 bridgehead atoms. The summed E-state index contributed by atoms with van der Waals surface area (Å²) in [7, 11) is 0. The van der Waals surface area contributed by atoms with Crippen molar-refractivity contribution in [2.24, 2.45) is 0 Å². The predicted octanol–water partition coefficient (Wildman–Crippen LogP) is 3.25. The quantitative estimate of drug-likeness (QED) is 0.803. The molecule has 0 saturated heterocycles. The number of aromatic nitrogens is 4. The van der Waals surface area contributed by atoms with Crippen LogP contribution in [0.15, 0.2) is 0 Å². The summed E-state index contributed by atoms with van der Waals surface area (Å²) in [6.07, 6.45) is 0.955. The summed E-state index contributed by atoms with van der Waals surface area (Å²) in [6.45, 7) is 0. The fraction of sp³-hybridized carbons (Fsp3) is 0.700. The molecule has 0 aliphatic heterocycles. The van der Waals surface area contributed by atoms with Crippen LogP contribution in [-0.4, -0.2) is 19.8 Å². The van der Waals surface area contributed by atoms with Crippen LogP contribution in [0.2, 0.25) is 0 Å². The monoisotopic (exact) mass is 276 g/mol. The molecule has 0 N–H and O–H groups in total. The molecule has 2 aromatic rings. The normalized spacial score (nSPS) is 18.6. The SMILES string of the molecule is FC(F)(F)c1nnc2sc(C3CCCCC3)nn12. The molecule has 2 aromatic heterocycles. The standard InChI is InChI=1S/C10H11F3N4S/c11-10(12,13)8-14-15-9-17(8)16-7(18-9)6-4-2-1-3-5-6/h6H,1-5H2. The van der Waals surface area contributed by atoms with Crippen LogP contribution in [0.25, 0.3) is 4.96 Å². The Morgan fingerprint density at radius 3 is 2.50 bits per heavy atom. The van der Waals surface area contributed by atoms with Gasteiger partial charge in [-0.15, -0.1) is 10.2 Å². The molecule has 0 spiro atoms. The Hall–Kier alpha value is -1.18. The topological polar surface area (TPSA) is 43.1 Å². The number of hydrogen-bond donors (Lipinski definition) is 0. The minimum Gasteiger partial charge on any atom is -0.178 e. The Morgan fingerprint density at radius 1 is 1.11 bits per heavy atom. The first-order valence-corrected chi connectivity index (χ1v) is 6.66. The lowest BCUT2D eigenvalue weighted by Crippen LogP contribution is -2.12. The Bertz CT molecular complexity index is 553. The van der Waals surface area contributed by atoms with Gasteiger partial charge in [-0.25, -0.2) is 0 Å². The zero-order chi connectivity index (χ0) is 12.8. The lowest BCUT2D eigenvalue weighted by atomic mass is 9.90. The first kappa shape index (κ1) is 11.9. The Kier molecular flexibility index (Phi) is 2.76. The average Bonchev–Trinajstić information content (AvgIpc) is 2.87. The maximum absolute atomic E-state index is 12.6. The van der Waals surface area contributed by atoms with Gasteiger partial charge in [0.2, 0.25) is 4.96 Å². The number of hydrogen-bond acceptors (Lipinski definition) is 4. The second-order valence-corrected chi connectivity index (χ2v) is 5.48. The molecule has 98 valence electrons. The number of alkyl halides is 3. The summed E-state index contributed by atoms with van der Waals surface area (Å²) in [6, 6.07) is 0. The summed E-state index contributed by atoms with van der Waals surface area (Å²) < 4.78 is 38.8. The summed E-state index contributed by atoms with van der Waals surface area (Å²) in [5.41, 5.74) is 0. The zero-order valence-corrected chi connectivity index (χ0v) is 10.3. The maximum Gasteiger partial charge on any atom is 0.453 e. The van der Waals surface area contributed by atoms with E-state index in [1.165, 1.54) is 17.8 Å². The highest BCUT2D eigenvalue weighted by Crippen LogP contribution is 2.36. The molecule has 8 heteroatoms. The van der Waals surface area contributed by atoms with Gasteiger partial charge >= 0.3 is 6.18 Å². The van der Waals surface area contributed by atoms with Crippen molar-refractivity contribution in [2.75, 3.05) is 0 Å². The molecule has 1 aliphatic carbocycles. The van der Waals surface area contributed by atoms with Crippen LogP contribution in [0.5, 0.6) is 0 Å². The number of rotatable bonds is 1. The minimum atomic E-state index is -4.50. The summed E-state index contributed by atoms with van der Waals surface area (Å²) >= 11 is 1.22. The maximum atomic E-state index is 12.6. The van der Waals surface area contributed by atoms with Crippen LogP contribution in [0.1, 0.15) is 48.9 Å². The van der Waals surface area contributed by atoms with Crippen molar-refractivity contribution in [3.8, 4) is 0 Å². The van der Waals surface area contributed by atoms with Crippen LogP contribution in [0.4, 0.5) is 13.2 Å². The Morgan fingerprint density at radius 2 is 1.83 bits per heavy atom. The lowest BCUT2D eigenvalue weighted by Gasteiger charge is -2.18. The van der Waals surface area contributed by atoms with Crippen molar-refractivity contribution >= 4 is 16.3 Å². The highest BCUT2D eigenvalue weighted by atomic mass is 32.1. The van der Waals surface area contributed by atoms with Gasteiger partial charge in [-0.1, -0.05) is 30.6 Å². The first-order chi connectivity index (χ1) is 8.55. The minimum absolute atomic E-state index is 0.225. The van der Waals surface area contributed by atoms with E-state index in [0.717, 1.165) is 35.2 Å². The zero-order valence-electron chi connectivity index (χ0n) is 9.44. The molecule has 1 saturated carbocycles. The number of fused-ring (bicyclic) bond motifs is 1. The van der Waals surface area contributed by atoms with Crippen LogP contribution in [0.3, 0.4) is 0 Å². The second kappa shape index (κ2) is 4.18. The lowest BCUT2D eigenvalue weighted by molar-refractivity contribution is -0.146. The molecule has 0 unspecified atom stereocenters. The molecule has 1 fully saturated rings. The fourth-order valence-electron chi connectivity index (χ4n) is 2.32. The van der Waals surface area contributed by atoms with Gasteiger partial charge in [0.1, 0.15) is 5.01 Å². The first-order valence-electron chi connectivity index (χ1n) is 5.85. The molecular formula is C10H11F3N4S. The van der Waals surface area contributed by atoms with Crippen molar-refractivity contribution in [2.45, 2.75) is 44.2 Å². The fourth-order valence-corrected chi connectivity index (χ4v) is 3.33. The third-order valence-electron chi connectivity index (χ3n) is 3.21. The Balaban J connectivity index is 1.98. The van der Waals surface area contributed by atoms with Crippen molar-refractivity contribution in [3.63, 3.8) is 0 Å². The van der Waals surface area contributed by atoms with Crippen LogP contribution in [-0.2, 0) is 6.18 Å². The van der Waals surface area contributed by atoms with E-state index in [-0.39, 0.29) is 10.9 Å². The van der Waals surface area contributed by atoms with Crippen molar-refractivity contribution in [3.05, 3.63) is 10.8 Å². The molecule has 3 rings (SSSR count). The highest BCUT2D eigenvalue weighted by molar-refractivity contribution is 7.16. The van der Waals surface area contributed by atoms with Gasteiger partial charge in [0.25, 0.3) is 5.82 Å². The molecule has 0 aromatic carbocycles. The van der Waals surface area contributed by atoms with E-state index in [0.29, 0.717) is 0 Å². The van der Waals surface area contributed by atoms with E-state index in [1.807, 2.05) is 0 Å². The third-order valence-corrected chi connectivity index (χ3v) is 4.28. The molecule has 2 heterocycles. The largest absolute Gasteiger partial charge is 0.453 e. The van der Waals surface area contributed by atoms with Crippen LogP contribution < -0.4 is 0 Å². The van der Waals surface area contributed by atoms with Crippen LogP contribution in [0, 0.1) is 0 Å². The van der Waals surface area contributed by atoms with Gasteiger partial charge in [-0.2, -0.15) is 22.8 Å². The van der Waals surface area contributed by atoms with Crippen molar-refractivity contribution in [1.29, 1.82) is 0 Å². The number of nitrogens with zero attached hydrogens (tertiary/aromatic N) is 4. The number of halogens is 3. The van der Waals surface area contributed by atoms with E-state index in [1.54, 1.807) is 0 Å². The van der Waals surface area contributed by atoms with E-state index < -0.39 is 12.0 Å². The third kappa shape index (κ3) is 1.98. The van der Waals surface area contributed by atoms with Gasteiger partial charge in [0.05, 0.1) is 0 Å². The summed E-state index contributed by atoms with van der Waals surface area (Å²) in [5.74, 6) is -0.748. The van der Waals surface area contributed by atoms with Gasteiger partial charge in [0, 0.05) is 5.92 Å². The van der Waals surface area contributed by atoms with Crippen molar-refractivity contribution in [1.82, 2.24) is 19.8 Å². The molecule has 0 amide bonds. The van der Waals surface area contributed by atoms with Crippen LogP contribution >= 0.6 is 11.3 Å². The summed E-state index contributed by atoms with van der Waals surface area (Å²) in [4.78, 5) is 0.225. The van der Waals surface area contributed by atoms with Gasteiger partial charge in [0.15, 0.2) is 0 Å². The van der Waals surface area contributed by atoms with E-state index in [2.05, 4.69) is 15.3 Å². The smallest absolute Gasteiger partial charge is 0.178 e. The molecular weight excluding hydrogens is 265 g/mol.